The highest BCUT2D eigenvalue weighted by Gasteiger charge is 2.20. The van der Waals surface area contributed by atoms with E-state index in [2.05, 4.69) is 60.1 Å². The Hall–Kier alpha value is -4.89. The maximum atomic E-state index is 13.8. The number of aryl methyl sites for hydroxylation is 2. The number of pyridine rings is 1. The molecule has 5 aromatic rings. The Morgan fingerprint density at radius 2 is 1.53 bits per heavy atom. The number of aromatic nitrogens is 1. The molecule has 0 aliphatic carbocycles. The number of nitrogens with zero attached hydrogens (tertiary/aromatic N) is 3. The third kappa shape index (κ3) is 11.8. The van der Waals surface area contributed by atoms with Crippen molar-refractivity contribution in [2.75, 3.05) is 32.8 Å². The minimum atomic E-state index is -0.261. The zero-order valence-corrected chi connectivity index (χ0v) is 33.3. The molecular weight excluding hydrogens is 736 g/mol. The third-order valence-electron chi connectivity index (χ3n) is 9.55. The molecule has 0 radical (unpaired) electrons. The molecule has 55 heavy (non-hydrogen) atoms. The van der Waals surface area contributed by atoms with Gasteiger partial charge in [-0.3, -0.25) is 9.69 Å². The van der Waals surface area contributed by atoms with Gasteiger partial charge in [0.1, 0.15) is 23.9 Å². The van der Waals surface area contributed by atoms with Gasteiger partial charge in [0.25, 0.3) is 0 Å². The van der Waals surface area contributed by atoms with Crippen LogP contribution in [0.2, 0.25) is 5.02 Å². The average Bonchev–Trinajstić information content (AvgIpc) is 3.17. The molecule has 0 atom stereocenters. The Labute approximate surface area is 335 Å². The first kappa shape index (κ1) is 41.3. The number of benzene rings is 4. The number of carbonyl (C=O) groups is 1. The zero-order valence-electron chi connectivity index (χ0n) is 31.8. The van der Waals surface area contributed by atoms with Crippen LogP contribution in [0.4, 0.5) is 4.39 Å². The smallest absolute Gasteiger partial charge is 0.246 e. The van der Waals surface area contributed by atoms with Crippen LogP contribution >= 0.6 is 24.0 Å². The molecule has 0 saturated carbocycles. The van der Waals surface area contributed by atoms with Crippen molar-refractivity contribution in [1.29, 1.82) is 0 Å². The van der Waals surface area contributed by atoms with Gasteiger partial charge in [-0.2, -0.15) is 0 Å². The molecule has 1 saturated heterocycles. The van der Waals surface area contributed by atoms with Gasteiger partial charge in [0.05, 0.1) is 17.8 Å². The van der Waals surface area contributed by atoms with Gasteiger partial charge >= 0.3 is 0 Å². The normalized spacial score (nSPS) is 13.2. The van der Waals surface area contributed by atoms with Gasteiger partial charge in [0.15, 0.2) is 5.75 Å². The SMILES string of the molecule is Cc1ccc(COc2ccc(Oc3c(C)cc(/C=C/C(=O)N4CCN(Cc5ccc(CCOc6ccc(C(C)C)cc6)cc5)CC4)cc3Cl)nc2)cc1F.Cl. The van der Waals surface area contributed by atoms with Crippen LogP contribution in [0.3, 0.4) is 0 Å². The van der Waals surface area contributed by atoms with Crippen molar-refractivity contribution in [2.45, 2.75) is 53.2 Å². The lowest BCUT2D eigenvalue weighted by atomic mass is 10.0. The number of amides is 1. The Kier molecular flexibility index (Phi) is 14.7. The van der Waals surface area contributed by atoms with E-state index in [1.807, 2.05) is 36.1 Å². The van der Waals surface area contributed by atoms with Crippen molar-refractivity contribution in [3.05, 3.63) is 153 Å². The van der Waals surface area contributed by atoms with Crippen LogP contribution in [0.25, 0.3) is 6.08 Å². The Balaban J connectivity index is 0.00000580. The van der Waals surface area contributed by atoms with Gasteiger partial charge < -0.3 is 19.1 Å². The molecule has 2 heterocycles. The lowest BCUT2D eigenvalue weighted by Gasteiger charge is -2.34. The van der Waals surface area contributed by atoms with Crippen molar-refractivity contribution >= 4 is 36.0 Å². The minimum Gasteiger partial charge on any atom is -0.493 e. The highest BCUT2D eigenvalue weighted by molar-refractivity contribution is 6.32. The van der Waals surface area contributed by atoms with E-state index in [1.165, 1.54) is 22.8 Å². The van der Waals surface area contributed by atoms with Crippen LogP contribution in [0.5, 0.6) is 23.1 Å². The number of piperazine rings is 1. The van der Waals surface area contributed by atoms with Crippen molar-refractivity contribution in [3.63, 3.8) is 0 Å². The van der Waals surface area contributed by atoms with Crippen LogP contribution in [0, 0.1) is 19.7 Å². The first-order valence-electron chi connectivity index (χ1n) is 18.4. The Bertz CT molecular complexity index is 2020. The lowest BCUT2D eigenvalue weighted by molar-refractivity contribution is -0.127. The molecule has 1 aromatic heterocycles. The fourth-order valence-corrected chi connectivity index (χ4v) is 6.51. The first-order valence-corrected chi connectivity index (χ1v) is 18.8. The van der Waals surface area contributed by atoms with E-state index in [4.69, 9.17) is 25.8 Å². The predicted molar refractivity (Wildman–Crippen MR) is 220 cm³/mol. The molecule has 288 valence electrons. The Morgan fingerprint density at radius 1 is 0.836 bits per heavy atom. The monoisotopic (exact) mass is 783 g/mol. The number of rotatable bonds is 14. The molecule has 0 N–H and O–H groups in total. The number of carbonyl (C=O) groups excluding carboxylic acids is 1. The highest BCUT2D eigenvalue weighted by atomic mass is 35.5. The van der Waals surface area contributed by atoms with Crippen molar-refractivity contribution in [3.8, 4) is 23.1 Å². The van der Waals surface area contributed by atoms with Crippen LogP contribution in [-0.4, -0.2) is 53.5 Å². The molecule has 7 nitrogen and oxygen atoms in total. The second kappa shape index (κ2) is 19.6. The second-order valence-electron chi connectivity index (χ2n) is 14.0. The van der Waals surface area contributed by atoms with Gasteiger partial charge in [-0.15, -0.1) is 12.4 Å². The van der Waals surface area contributed by atoms with E-state index in [9.17, 15) is 9.18 Å². The zero-order chi connectivity index (χ0) is 38.0. The molecule has 1 aliphatic heterocycles. The van der Waals surface area contributed by atoms with Crippen molar-refractivity contribution in [1.82, 2.24) is 14.8 Å². The minimum absolute atomic E-state index is 0. The summed E-state index contributed by atoms with van der Waals surface area (Å²) in [5.74, 6) is 2.51. The van der Waals surface area contributed by atoms with Crippen molar-refractivity contribution < 1.29 is 23.4 Å². The van der Waals surface area contributed by atoms with E-state index in [0.29, 0.717) is 53.6 Å². The predicted octanol–water partition coefficient (Wildman–Crippen LogP) is 10.4. The fraction of sp³-hybridized carbons (Fsp3) is 0.289. The summed E-state index contributed by atoms with van der Waals surface area (Å²) in [5, 5.41) is 0.410. The molecule has 0 bridgehead atoms. The summed E-state index contributed by atoms with van der Waals surface area (Å²) in [6, 6.07) is 29.3. The lowest BCUT2D eigenvalue weighted by Crippen LogP contribution is -2.47. The largest absolute Gasteiger partial charge is 0.493 e. The average molecular weight is 785 g/mol. The van der Waals surface area contributed by atoms with Gasteiger partial charge in [-0.1, -0.05) is 74.0 Å². The summed E-state index contributed by atoms with van der Waals surface area (Å²) in [6.45, 7) is 12.7. The summed E-state index contributed by atoms with van der Waals surface area (Å²) >= 11 is 6.62. The Morgan fingerprint density at radius 3 is 2.18 bits per heavy atom. The van der Waals surface area contributed by atoms with E-state index in [1.54, 1.807) is 49.5 Å². The maximum absolute atomic E-state index is 13.8. The van der Waals surface area contributed by atoms with Gasteiger partial charge in [0, 0.05) is 51.3 Å². The van der Waals surface area contributed by atoms with Gasteiger partial charge in [-0.25, -0.2) is 9.37 Å². The van der Waals surface area contributed by atoms with Gasteiger partial charge in [-0.05, 0) is 101 Å². The summed E-state index contributed by atoms with van der Waals surface area (Å²) in [4.78, 5) is 21.7. The van der Waals surface area contributed by atoms with Crippen LogP contribution in [0.15, 0.2) is 103 Å². The molecule has 1 aliphatic rings. The number of hydrogen-bond acceptors (Lipinski definition) is 6. The van der Waals surface area contributed by atoms with E-state index >= 15 is 0 Å². The van der Waals surface area contributed by atoms with Crippen LogP contribution in [-0.2, 0) is 24.4 Å². The first-order chi connectivity index (χ1) is 26.1. The molecule has 0 spiro atoms. The van der Waals surface area contributed by atoms with Crippen molar-refractivity contribution in [2.24, 2.45) is 0 Å². The van der Waals surface area contributed by atoms with Gasteiger partial charge in [0.2, 0.25) is 11.8 Å². The maximum Gasteiger partial charge on any atom is 0.246 e. The highest BCUT2D eigenvalue weighted by Crippen LogP contribution is 2.34. The number of ether oxygens (including phenoxy) is 3. The number of hydrogen-bond donors (Lipinski definition) is 0. The van der Waals surface area contributed by atoms with Crippen LogP contribution < -0.4 is 14.2 Å². The molecule has 6 rings (SSSR count). The number of halogens is 3. The van der Waals surface area contributed by atoms with E-state index < -0.39 is 0 Å². The molecular formula is C45H48Cl2FN3O4. The summed E-state index contributed by atoms with van der Waals surface area (Å²) in [5.41, 5.74) is 6.76. The third-order valence-corrected chi connectivity index (χ3v) is 9.83. The fourth-order valence-electron chi connectivity index (χ4n) is 6.20. The standard InChI is InChI=1S/C45H47ClFN3O4.ClH/c1-31(2)38-12-14-39(15-13-38)52-24-19-34-7-9-35(10-8-34)29-49-20-22-50(23-21-49)44(51)18-11-36-25-33(4)45(41(46)26-36)54-43-17-16-40(28-48-43)53-30-37-6-5-32(3)42(47)27-37;/h5-18,25-28,31H,19-24,29-30H2,1-4H3;1H/b18-11+;. The molecule has 4 aromatic carbocycles. The molecule has 1 amide bonds. The topological polar surface area (TPSA) is 64.1 Å². The molecule has 10 heteroatoms. The quantitative estimate of drug-likeness (QED) is 0.105. The summed E-state index contributed by atoms with van der Waals surface area (Å²) in [7, 11) is 0. The summed E-state index contributed by atoms with van der Waals surface area (Å²) < 4.78 is 31.5. The second-order valence-corrected chi connectivity index (χ2v) is 14.4. The van der Waals surface area contributed by atoms with E-state index in [0.717, 1.165) is 48.5 Å². The van der Waals surface area contributed by atoms with E-state index in [-0.39, 0.29) is 30.7 Å². The summed E-state index contributed by atoms with van der Waals surface area (Å²) in [6.07, 6.45) is 5.80. The molecule has 0 unspecified atom stereocenters. The molecule has 1 fully saturated rings. The van der Waals surface area contributed by atoms with Crippen LogP contribution in [0.1, 0.15) is 58.7 Å².